The third-order valence-corrected chi connectivity index (χ3v) is 3.27. The minimum absolute atomic E-state index is 0.0145. The highest BCUT2D eigenvalue weighted by atomic mass is 19.1. The van der Waals surface area contributed by atoms with Gasteiger partial charge in [0, 0.05) is 12.1 Å². The molecule has 2 atom stereocenters. The van der Waals surface area contributed by atoms with Crippen molar-refractivity contribution in [2.75, 3.05) is 6.54 Å². The number of rotatable bonds is 3. The topological polar surface area (TPSA) is 41.1 Å². The molecule has 3 nitrogen and oxygen atoms in total. The molecule has 1 saturated heterocycles. The molecular formula is C14H19FN2O. The second-order valence-corrected chi connectivity index (χ2v) is 4.95. The molecule has 0 bridgehead atoms. The molecule has 1 heterocycles. The molecule has 1 aliphatic rings. The normalized spacial score (nSPS) is 23.7. The summed E-state index contributed by atoms with van der Waals surface area (Å²) >= 11 is 0. The van der Waals surface area contributed by atoms with Gasteiger partial charge in [-0.05, 0) is 44.0 Å². The van der Waals surface area contributed by atoms with Crippen molar-refractivity contribution in [2.24, 2.45) is 0 Å². The van der Waals surface area contributed by atoms with Gasteiger partial charge in [0.25, 0.3) is 0 Å². The smallest absolute Gasteiger partial charge is 0.224 e. The zero-order valence-electron chi connectivity index (χ0n) is 10.6. The lowest BCUT2D eigenvalue weighted by Crippen LogP contribution is -2.46. The molecule has 0 radical (unpaired) electrons. The third kappa shape index (κ3) is 3.81. The fraction of sp³-hybridized carbons (Fsp3) is 0.500. The predicted octanol–water partition coefficient (Wildman–Crippen LogP) is 1.62. The summed E-state index contributed by atoms with van der Waals surface area (Å²) in [6.45, 7) is 3.07. The molecular weight excluding hydrogens is 231 g/mol. The molecule has 1 aromatic carbocycles. The van der Waals surface area contributed by atoms with Gasteiger partial charge in [0.2, 0.25) is 5.91 Å². The first-order valence-corrected chi connectivity index (χ1v) is 6.40. The number of hydrogen-bond acceptors (Lipinski definition) is 2. The number of nitrogens with one attached hydrogen (secondary N) is 2. The van der Waals surface area contributed by atoms with Crippen molar-refractivity contribution in [3.8, 4) is 0 Å². The Morgan fingerprint density at radius 3 is 2.83 bits per heavy atom. The van der Waals surface area contributed by atoms with Crippen LogP contribution in [0.4, 0.5) is 4.39 Å². The van der Waals surface area contributed by atoms with Crippen LogP contribution in [0.2, 0.25) is 0 Å². The molecule has 0 spiro atoms. The van der Waals surface area contributed by atoms with Crippen LogP contribution in [-0.4, -0.2) is 24.5 Å². The Morgan fingerprint density at radius 2 is 2.17 bits per heavy atom. The van der Waals surface area contributed by atoms with Crippen LogP contribution in [0.5, 0.6) is 0 Å². The summed E-state index contributed by atoms with van der Waals surface area (Å²) in [6.07, 6.45) is 2.26. The summed E-state index contributed by atoms with van der Waals surface area (Å²) in [7, 11) is 0. The van der Waals surface area contributed by atoms with E-state index in [0.29, 0.717) is 12.5 Å². The van der Waals surface area contributed by atoms with Gasteiger partial charge in [0.05, 0.1) is 6.42 Å². The number of amides is 1. The van der Waals surface area contributed by atoms with Gasteiger partial charge in [-0.25, -0.2) is 4.39 Å². The largest absolute Gasteiger partial charge is 0.353 e. The third-order valence-electron chi connectivity index (χ3n) is 3.27. The zero-order chi connectivity index (χ0) is 13.0. The summed E-state index contributed by atoms with van der Waals surface area (Å²) in [4.78, 5) is 11.8. The maximum atomic E-state index is 12.7. The molecule has 98 valence electrons. The summed E-state index contributed by atoms with van der Waals surface area (Å²) in [5.74, 6) is -0.257. The number of piperidine rings is 1. The number of hydrogen-bond donors (Lipinski definition) is 2. The molecule has 0 aromatic heterocycles. The lowest BCUT2D eigenvalue weighted by Gasteiger charge is -2.28. The first-order chi connectivity index (χ1) is 8.63. The summed E-state index contributed by atoms with van der Waals surface area (Å²) < 4.78 is 12.7. The molecule has 4 heteroatoms. The quantitative estimate of drug-likeness (QED) is 0.856. The van der Waals surface area contributed by atoms with E-state index in [4.69, 9.17) is 0 Å². The Morgan fingerprint density at radius 1 is 1.44 bits per heavy atom. The fourth-order valence-corrected chi connectivity index (χ4v) is 2.33. The van der Waals surface area contributed by atoms with Gasteiger partial charge in [-0.3, -0.25) is 4.79 Å². The second kappa shape index (κ2) is 5.96. The summed E-state index contributed by atoms with van der Waals surface area (Å²) in [5.41, 5.74) is 0.843. The molecule has 1 fully saturated rings. The zero-order valence-corrected chi connectivity index (χ0v) is 10.6. The summed E-state index contributed by atoms with van der Waals surface area (Å²) in [6, 6.07) is 6.79. The molecule has 18 heavy (non-hydrogen) atoms. The van der Waals surface area contributed by atoms with E-state index in [1.807, 2.05) is 0 Å². The Kier molecular flexibility index (Phi) is 4.31. The van der Waals surface area contributed by atoms with Gasteiger partial charge >= 0.3 is 0 Å². The Hall–Kier alpha value is -1.42. The van der Waals surface area contributed by atoms with Crippen molar-refractivity contribution >= 4 is 5.91 Å². The van der Waals surface area contributed by atoms with E-state index in [0.717, 1.165) is 24.9 Å². The molecule has 2 unspecified atom stereocenters. The van der Waals surface area contributed by atoms with Crippen molar-refractivity contribution in [1.29, 1.82) is 0 Å². The van der Waals surface area contributed by atoms with Crippen molar-refractivity contribution in [3.05, 3.63) is 35.6 Å². The lowest BCUT2D eigenvalue weighted by molar-refractivity contribution is -0.121. The van der Waals surface area contributed by atoms with Crippen LogP contribution >= 0.6 is 0 Å². The molecule has 1 aromatic rings. The van der Waals surface area contributed by atoms with Crippen LogP contribution in [-0.2, 0) is 11.2 Å². The van der Waals surface area contributed by atoms with Crippen molar-refractivity contribution in [2.45, 2.75) is 38.3 Å². The first-order valence-electron chi connectivity index (χ1n) is 6.40. The lowest BCUT2D eigenvalue weighted by atomic mass is 10.0. The molecule has 0 aliphatic carbocycles. The Bertz CT molecular complexity index is 405. The molecule has 2 N–H and O–H groups in total. The highest BCUT2D eigenvalue weighted by Gasteiger charge is 2.19. The average Bonchev–Trinajstić information content (AvgIpc) is 2.32. The number of carbonyl (C=O) groups excluding carboxylic acids is 1. The van der Waals surface area contributed by atoms with E-state index in [1.165, 1.54) is 12.1 Å². The maximum Gasteiger partial charge on any atom is 0.224 e. The van der Waals surface area contributed by atoms with Crippen LogP contribution in [0, 0.1) is 5.82 Å². The highest BCUT2D eigenvalue weighted by Crippen LogP contribution is 2.09. The second-order valence-electron chi connectivity index (χ2n) is 4.95. The van der Waals surface area contributed by atoms with Crippen LogP contribution in [0.25, 0.3) is 0 Å². The van der Waals surface area contributed by atoms with Crippen LogP contribution in [0.1, 0.15) is 25.3 Å². The van der Waals surface area contributed by atoms with Crippen LogP contribution in [0.3, 0.4) is 0 Å². The molecule has 2 rings (SSSR count). The minimum Gasteiger partial charge on any atom is -0.353 e. The van der Waals surface area contributed by atoms with Gasteiger partial charge in [0.15, 0.2) is 0 Å². The van der Waals surface area contributed by atoms with E-state index < -0.39 is 0 Å². The predicted molar refractivity (Wildman–Crippen MR) is 68.7 cm³/mol. The minimum atomic E-state index is -0.272. The highest BCUT2D eigenvalue weighted by molar-refractivity contribution is 5.78. The number of halogens is 1. The van der Waals surface area contributed by atoms with Crippen molar-refractivity contribution in [3.63, 3.8) is 0 Å². The van der Waals surface area contributed by atoms with Crippen molar-refractivity contribution < 1.29 is 9.18 Å². The molecule has 1 amide bonds. The molecule has 1 aliphatic heterocycles. The SMILES string of the molecule is CC1CC(NC(=O)Cc2ccc(F)cc2)CCN1. The van der Waals surface area contributed by atoms with Gasteiger partial charge in [-0.15, -0.1) is 0 Å². The first kappa shape index (κ1) is 13.0. The average molecular weight is 250 g/mol. The van der Waals surface area contributed by atoms with E-state index >= 15 is 0 Å². The van der Waals surface area contributed by atoms with E-state index in [-0.39, 0.29) is 17.8 Å². The van der Waals surface area contributed by atoms with Crippen LogP contribution < -0.4 is 10.6 Å². The maximum absolute atomic E-state index is 12.7. The number of benzene rings is 1. The van der Waals surface area contributed by atoms with Gasteiger partial charge in [-0.2, -0.15) is 0 Å². The van der Waals surface area contributed by atoms with Crippen LogP contribution in [0.15, 0.2) is 24.3 Å². The van der Waals surface area contributed by atoms with Gasteiger partial charge < -0.3 is 10.6 Å². The molecule has 0 saturated carbocycles. The Balaban J connectivity index is 1.83. The van der Waals surface area contributed by atoms with E-state index in [9.17, 15) is 9.18 Å². The fourth-order valence-electron chi connectivity index (χ4n) is 2.33. The van der Waals surface area contributed by atoms with E-state index in [2.05, 4.69) is 17.6 Å². The van der Waals surface area contributed by atoms with Gasteiger partial charge in [0.1, 0.15) is 5.82 Å². The standard InChI is InChI=1S/C14H19FN2O/c1-10-8-13(6-7-16-10)17-14(18)9-11-2-4-12(15)5-3-11/h2-5,10,13,16H,6-9H2,1H3,(H,17,18). The van der Waals surface area contributed by atoms with Crippen molar-refractivity contribution in [1.82, 2.24) is 10.6 Å². The summed E-state index contributed by atoms with van der Waals surface area (Å²) in [5, 5.41) is 6.39. The monoisotopic (exact) mass is 250 g/mol. The Labute approximate surface area is 107 Å². The van der Waals surface area contributed by atoms with E-state index in [1.54, 1.807) is 12.1 Å². The van der Waals surface area contributed by atoms with Gasteiger partial charge in [-0.1, -0.05) is 12.1 Å². The number of carbonyl (C=O) groups is 1.